The molecule has 0 aliphatic carbocycles. The van der Waals surface area contributed by atoms with E-state index in [1.807, 2.05) is 0 Å². The molecule has 0 radical (unpaired) electrons. The maximum Gasteiger partial charge on any atom is 0.416 e. The van der Waals surface area contributed by atoms with Crippen molar-refractivity contribution in [3.8, 4) is 5.75 Å². The van der Waals surface area contributed by atoms with E-state index in [4.69, 9.17) is 4.74 Å². The van der Waals surface area contributed by atoms with E-state index in [0.717, 1.165) is 12.1 Å². The van der Waals surface area contributed by atoms with Crippen molar-refractivity contribution in [3.63, 3.8) is 0 Å². The Balaban J connectivity index is 1.88. The first-order valence-electron chi connectivity index (χ1n) is 7.80. The van der Waals surface area contributed by atoms with Crippen LogP contribution in [0.5, 0.6) is 5.75 Å². The second-order valence-corrected chi connectivity index (χ2v) is 7.60. The van der Waals surface area contributed by atoms with Crippen LogP contribution in [0.4, 0.5) is 18.9 Å². The van der Waals surface area contributed by atoms with Crippen LogP contribution in [-0.2, 0) is 16.2 Å². The number of carbonyl (C=O) groups excluding carboxylic acids is 1. The zero-order valence-electron chi connectivity index (χ0n) is 14.1. The number of nitrogens with zero attached hydrogens (tertiary/aromatic N) is 1. The van der Waals surface area contributed by atoms with Gasteiger partial charge in [-0.25, -0.2) is 8.42 Å². The fourth-order valence-corrected chi connectivity index (χ4v) is 3.57. The number of ether oxygens (including phenoxy) is 1. The SMILES string of the molecule is CN1CCOc2ccc(NS(=O)(=O)c3ccc(C(F)(F)F)cc3)cc2C1=O. The maximum atomic E-state index is 12.6. The first-order valence-corrected chi connectivity index (χ1v) is 9.29. The molecular formula is C17H15F3N2O4S. The van der Waals surface area contributed by atoms with Gasteiger partial charge in [-0.05, 0) is 42.5 Å². The molecule has 0 saturated heterocycles. The molecule has 2 aromatic carbocycles. The second kappa shape index (κ2) is 6.76. The topological polar surface area (TPSA) is 75.7 Å². The van der Waals surface area contributed by atoms with Crippen molar-refractivity contribution in [1.29, 1.82) is 0 Å². The largest absolute Gasteiger partial charge is 0.491 e. The minimum atomic E-state index is -4.56. The summed E-state index contributed by atoms with van der Waals surface area (Å²) in [5, 5.41) is 0. The lowest BCUT2D eigenvalue weighted by molar-refractivity contribution is -0.137. The Morgan fingerprint density at radius 3 is 2.41 bits per heavy atom. The molecule has 2 aromatic rings. The summed E-state index contributed by atoms with van der Waals surface area (Å²) in [4.78, 5) is 13.4. The summed E-state index contributed by atoms with van der Waals surface area (Å²) in [7, 11) is -2.53. The van der Waals surface area contributed by atoms with Crippen molar-refractivity contribution >= 4 is 21.6 Å². The molecule has 1 aliphatic rings. The van der Waals surface area contributed by atoms with Crippen LogP contribution in [0.1, 0.15) is 15.9 Å². The van der Waals surface area contributed by atoms with E-state index >= 15 is 0 Å². The summed E-state index contributed by atoms with van der Waals surface area (Å²) in [6, 6.07) is 7.35. The van der Waals surface area contributed by atoms with Gasteiger partial charge in [0.2, 0.25) is 0 Å². The molecule has 0 unspecified atom stereocenters. The number of fused-ring (bicyclic) bond motifs is 1. The van der Waals surface area contributed by atoms with E-state index < -0.39 is 21.8 Å². The number of rotatable bonds is 3. The molecule has 27 heavy (non-hydrogen) atoms. The Morgan fingerprint density at radius 1 is 1.11 bits per heavy atom. The lowest BCUT2D eigenvalue weighted by atomic mass is 10.1. The van der Waals surface area contributed by atoms with Gasteiger partial charge in [-0.3, -0.25) is 9.52 Å². The third kappa shape index (κ3) is 4.00. The number of sulfonamides is 1. The smallest absolute Gasteiger partial charge is 0.416 e. The summed E-state index contributed by atoms with van der Waals surface area (Å²) < 4.78 is 70.4. The Kier molecular flexibility index (Phi) is 4.77. The highest BCUT2D eigenvalue weighted by molar-refractivity contribution is 7.92. The lowest BCUT2D eigenvalue weighted by Gasteiger charge is -2.14. The van der Waals surface area contributed by atoms with Crippen LogP contribution in [-0.4, -0.2) is 39.4 Å². The van der Waals surface area contributed by atoms with E-state index in [1.165, 1.54) is 23.1 Å². The number of benzene rings is 2. The van der Waals surface area contributed by atoms with Crippen LogP contribution in [0.2, 0.25) is 0 Å². The van der Waals surface area contributed by atoms with Crippen LogP contribution in [0.3, 0.4) is 0 Å². The predicted molar refractivity (Wildman–Crippen MR) is 91.2 cm³/mol. The Morgan fingerprint density at radius 2 is 1.78 bits per heavy atom. The first kappa shape index (κ1) is 19.0. The fourth-order valence-electron chi connectivity index (χ4n) is 2.52. The molecule has 1 amide bonds. The monoisotopic (exact) mass is 400 g/mol. The van der Waals surface area contributed by atoms with Crippen molar-refractivity contribution in [1.82, 2.24) is 4.90 Å². The average molecular weight is 400 g/mol. The van der Waals surface area contributed by atoms with Gasteiger partial charge < -0.3 is 9.64 Å². The molecule has 144 valence electrons. The fraction of sp³-hybridized carbons (Fsp3) is 0.235. The van der Waals surface area contributed by atoms with Crippen LogP contribution in [0.15, 0.2) is 47.4 Å². The van der Waals surface area contributed by atoms with Gasteiger partial charge >= 0.3 is 6.18 Å². The molecular weight excluding hydrogens is 385 g/mol. The number of carbonyl (C=O) groups is 1. The molecule has 0 aromatic heterocycles. The van der Waals surface area contributed by atoms with Crippen LogP contribution in [0.25, 0.3) is 0 Å². The van der Waals surface area contributed by atoms with E-state index in [0.29, 0.717) is 31.0 Å². The summed E-state index contributed by atoms with van der Waals surface area (Å²) in [6.45, 7) is 0.700. The highest BCUT2D eigenvalue weighted by Crippen LogP contribution is 2.31. The predicted octanol–water partition coefficient (Wildman–Crippen LogP) is 2.97. The molecule has 0 bridgehead atoms. The number of anilines is 1. The van der Waals surface area contributed by atoms with Gasteiger partial charge in [0, 0.05) is 12.7 Å². The number of halogens is 3. The van der Waals surface area contributed by atoms with Crippen LogP contribution in [0, 0.1) is 0 Å². The zero-order chi connectivity index (χ0) is 19.8. The number of alkyl halides is 3. The molecule has 1 aliphatic heterocycles. The van der Waals surface area contributed by atoms with Gasteiger partial charge in [-0.1, -0.05) is 0 Å². The number of likely N-dealkylation sites (N-methyl/N-ethyl adjacent to an activating group) is 1. The van der Waals surface area contributed by atoms with E-state index in [1.54, 1.807) is 7.05 Å². The summed E-state index contributed by atoms with van der Waals surface area (Å²) in [5.41, 5.74) is -0.652. The number of amides is 1. The molecule has 3 rings (SSSR count). The van der Waals surface area contributed by atoms with Gasteiger partial charge in [0.25, 0.3) is 15.9 Å². The Hall–Kier alpha value is -2.75. The van der Waals surface area contributed by atoms with Gasteiger partial charge in [0.1, 0.15) is 12.4 Å². The van der Waals surface area contributed by atoms with Crippen molar-refractivity contribution < 1.29 is 31.1 Å². The van der Waals surface area contributed by atoms with Crippen LogP contribution >= 0.6 is 0 Å². The van der Waals surface area contributed by atoms with Crippen molar-refractivity contribution in [2.24, 2.45) is 0 Å². The summed E-state index contributed by atoms with van der Waals surface area (Å²) in [6.07, 6.45) is -4.56. The molecule has 10 heteroatoms. The molecule has 0 saturated carbocycles. The molecule has 1 heterocycles. The normalized spacial score (nSPS) is 15.0. The van der Waals surface area contributed by atoms with Gasteiger partial charge in [-0.15, -0.1) is 0 Å². The maximum absolute atomic E-state index is 12.6. The molecule has 0 fully saturated rings. The molecule has 1 N–H and O–H groups in total. The van der Waals surface area contributed by atoms with Gasteiger partial charge in [-0.2, -0.15) is 13.2 Å². The minimum absolute atomic E-state index is 0.0981. The molecule has 6 nitrogen and oxygen atoms in total. The standard InChI is InChI=1S/C17H15F3N2O4S/c1-22-8-9-26-15-7-4-12(10-14(15)16(22)23)21-27(24,25)13-5-2-11(3-6-13)17(18,19)20/h2-7,10,21H,8-9H2,1H3. The van der Waals surface area contributed by atoms with Crippen molar-refractivity contribution in [2.75, 3.05) is 24.9 Å². The number of hydrogen-bond acceptors (Lipinski definition) is 4. The number of nitrogens with one attached hydrogen (secondary N) is 1. The van der Waals surface area contributed by atoms with Crippen molar-refractivity contribution in [3.05, 3.63) is 53.6 Å². The Bertz CT molecular complexity index is 973. The zero-order valence-corrected chi connectivity index (χ0v) is 14.9. The lowest BCUT2D eigenvalue weighted by Crippen LogP contribution is -2.27. The molecule has 0 atom stereocenters. The summed E-state index contributed by atoms with van der Waals surface area (Å²) in [5.74, 6) is 0.0138. The van der Waals surface area contributed by atoms with Gasteiger partial charge in [0.05, 0.1) is 22.6 Å². The summed E-state index contributed by atoms with van der Waals surface area (Å²) >= 11 is 0. The van der Waals surface area contributed by atoms with E-state index in [9.17, 15) is 26.4 Å². The number of hydrogen-bond donors (Lipinski definition) is 1. The quantitative estimate of drug-likeness (QED) is 0.860. The van der Waals surface area contributed by atoms with Gasteiger partial charge in [0.15, 0.2) is 0 Å². The highest BCUT2D eigenvalue weighted by atomic mass is 32.2. The van der Waals surface area contributed by atoms with E-state index in [2.05, 4.69) is 4.72 Å². The molecule has 0 spiro atoms. The highest BCUT2D eigenvalue weighted by Gasteiger charge is 2.30. The van der Waals surface area contributed by atoms with Crippen molar-refractivity contribution in [2.45, 2.75) is 11.1 Å². The third-order valence-electron chi connectivity index (χ3n) is 3.99. The van der Waals surface area contributed by atoms with E-state index in [-0.39, 0.29) is 22.1 Å². The second-order valence-electron chi connectivity index (χ2n) is 5.91. The average Bonchev–Trinajstić information content (AvgIpc) is 2.74. The third-order valence-corrected chi connectivity index (χ3v) is 5.38. The minimum Gasteiger partial charge on any atom is -0.491 e. The first-order chi connectivity index (χ1) is 12.6. The van der Waals surface area contributed by atoms with Crippen LogP contribution < -0.4 is 9.46 Å². The Labute approximate surface area is 153 Å².